The first kappa shape index (κ1) is 22.3. The maximum Gasteiger partial charge on any atom is 0.0541 e. The Bertz CT molecular complexity index is 1930. The number of rotatable bonds is 3. The number of aromatic nitrogens is 2. The van der Waals surface area contributed by atoms with Gasteiger partial charge in [0.15, 0.2) is 0 Å². The number of hydrogen-bond acceptors (Lipinski definition) is 0. The molecule has 2 aromatic heterocycles. The van der Waals surface area contributed by atoms with Crippen molar-refractivity contribution in [3.8, 4) is 34.3 Å². The molecule has 0 spiro atoms. The summed E-state index contributed by atoms with van der Waals surface area (Å²) >= 11 is 0. The smallest absolute Gasteiger partial charge is 0.0541 e. The van der Waals surface area contributed by atoms with Crippen molar-refractivity contribution in [2.75, 3.05) is 0 Å². The molecule has 0 amide bonds. The molecule has 186 valence electrons. The average molecular weight is 501 g/mol. The zero-order valence-corrected chi connectivity index (χ0v) is 22.0. The third-order valence-electron chi connectivity index (χ3n) is 8.44. The van der Waals surface area contributed by atoms with E-state index in [-0.39, 0.29) is 0 Å². The molecule has 2 heterocycles. The fourth-order valence-corrected chi connectivity index (χ4v) is 6.59. The fourth-order valence-electron chi connectivity index (χ4n) is 6.59. The largest absolute Gasteiger partial charge is 0.312 e. The Balaban J connectivity index is 1.18. The summed E-state index contributed by atoms with van der Waals surface area (Å²) in [5.41, 5.74) is 12.7. The molecule has 1 unspecified atom stereocenters. The zero-order valence-electron chi connectivity index (χ0n) is 22.0. The van der Waals surface area contributed by atoms with Crippen molar-refractivity contribution in [1.82, 2.24) is 9.13 Å². The Labute approximate surface area is 228 Å². The van der Waals surface area contributed by atoms with Gasteiger partial charge in [0.2, 0.25) is 0 Å². The quantitative estimate of drug-likeness (QED) is 0.215. The summed E-state index contributed by atoms with van der Waals surface area (Å²) < 4.78 is 4.83. The SMILES string of the molecule is CC1CC#Cc2c3c(n(-c4ccc(-c5ccc(-n6c7ccccc7c7ccccc76)cc5)cc4)c21)C=CCC3. The lowest BCUT2D eigenvalue weighted by atomic mass is 9.92. The number of fused-ring (bicyclic) bond motifs is 6. The standard InChI is InChI=1S/C37H28N2/c1-25-9-8-13-33-32-12-4-7-16-36(32)39(37(25)33)29-23-19-27(20-24-29)26-17-21-28(22-18-26)38-34-14-5-2-10-30(34)31-11-3-6-15-35(31)38/h2-3,5-7,10-11,14-25H,4,9,12H2,1H3. The average Bonchev–Trinajstić information content (AvgIpc) is 3.52. The minimum absolute atomic E-state index is 0.438. The second kappa shape index (κ2) is 8.65. The van der Waals surface area contributed by atoms with Crippen LogP contribution in [0.4, 0.5) is 0 Å². The Morgan fingerprint density at radius 1 is 0.692 bits per heavy atom. The Kier molecular flexibility index (Phi) is 4.94. The monoisotopic (exact) mass is 500 g/mol. The molecule has 0 saturated heterocycles. The number of para-hydroxylation sites is 2. The van der Waals surface area contributed by atoms with Crippen LogP contribution in [0.1, 0.15) is 48.2 Å². The van der Waals surface area contributed by atoms with Gasteiger partial charge in [-0.1, -0.05) is 85.5 Å². The predicted molar refractivity (Wildman–Crippen MR) is 163 cm³/mol. The van der Waals surface area contributed by atoms with Gasteiger partial charge in [-0.25, -0.2) is 0 Å². The Morgan fingerprint density at radius 3 is 1.92 bits per heavy atom. The second-order valence-electron chi connectivity index (χ2n) is 10.8. The molecule has 2 aliphatic carbocycles. The number of allylic oxidation sites excluding steroid dienone is 1. The molecule has 2 heteroatoms. The Hall–Kier alpha value is -4.74. The van der Waals surface area contributed by atoms with Gasteiger partial charge in [0, 0.05) is 45.7 Å². The molecule has 0 N–H and O–H groups in total. The van der Waals surface area contributed by atoms with Gasteiger partial charge in [-0.15, -0.1) is 0 Å². The van der Waals surface area contributed by atoms with Gasteiger partial charge >= 0.3 is 0 Å². The lowest BCUT2D eigenvalue weighted by Crippen LogP contribution is -2.08. The summed E-state index contributed by atoms with van der Waals surface area (Å²) in [6, 6.07) is 35.4. The van der Waals surface area contributed by atoms with E-state index in [0.29, 0.717) is 5.92 Å². The number of hydrogen-bond donors (Lipinski definition) is 0. The summed E-state index contributed by atoms with van der Waals surface area (Å²) in [5.74, 6) is 7.30. The van der Waals surface area contributed by atoms with E-state index >= 15 is 0 Å². The first-order valence-electron chi connectivity index (χ1n) is 13.9. The highest BCUT2D eigenvalue weighted by molar-refractivity contribution is 6.09. The van der Waals surface area contributed by atoms with Crippen molar-refractivity contribution in [3.63, 3.8) is 0 Å². The van der Waals surface area contributed by atoms with Crippen molar-refractivity contribution in [3.05, 3.63) is 126 Å². The molecular formula is C37H28N2. The molecule has 6 aromatic rings. The van der Waals surface area contributed by atoms with Gasteiger partial charge in [0.05, 0.1) is 16.7 Å². The topological polar surface area (TPSA) is 9.86 Å². The molecule has 8 rings (SSSR count). The summed E-state index contributed by atoms with van der Waals surface area (Å²) in [6.07, 6.45) is 7.71. The number of benzene rings is 4. The maximum absolute atomic E-state index is 3.48. The number of nitrogens with zero attached hydrogens (tertiary/aromatic N) is 2. The molecule has 1 atom stereocenters. The van der Waals surface area contributed by atoms with Crippen LogP contribution in [0, 0.1) is 11.8 Å². The van der Waals surface area contributed by atoms with Crippen LogP contribution in [0.25, 0.3) is 50.4 Å². The van der Waals surface area contributed by atoms with Gasteiger partial charge in [-0.2, -0.15) is 0 Å². The van der Waals surface area contributed by atoms with E-state index in [1.807, 2.05) is 0 Å². The van der Waals surface area contributed by atoms with E-state index in [1.54, 1.807) is 0 Å². The van der Waals surface area contributed by atoms with Gasteiger partial charge in [-0.3, -0.25) is 0 Å². The first-order valence-corrected chi connectivity index (χ1v) is 13.9. The van der Waals surface area contributed by atoms with Crippen LogP contribution in [-0.2, 0) is 6.42 Å². The highest BCUT2D eigenvalue weighted by Crippen LogP contribution is 2.38. The van der Waals surface area contributed by atoms with E-state index in [4.69, 9.17) is 0 Å². The van der Waals surface area contributed by atoms with Crippen LogP contribution in [0.15, 0.2) is 103 Å². The van der Waals surface area contributed by atoms with Crippen LogP contribution in [-0.4, -0.2) is 9.13 Å². The third-order valence-corrected chi connectivity index (χ3v) is 8.44. The molecular weight excluding hydrogens is 472 g/mol. The van der Waals surface area contributed by atoms with Crippen molar-refractivity contribution in [2.45, 2.75) is 32.1 Å². The molecule has 0 radical (unpaired) electrons. The molecule has 0 bridgehead atoms. The van der Waals surface area contributed by atoms with E-state index < -0.39 is 0 Å². The minimum Gasteiger partial charge on any atom is -0.312 e. The first-order chi connectivity index (χ1) is 19.3. The van der Waals surface area contributed by atoms with Crippen molar-refractivity contribution in [1.29, 1.82) is 0 Å². The molecule has 39 heavy (non-hydrogen) atoms. The predicted octanol–water partition coefficient (Wildman–Crippen LogP) is 9.06. The summed E-state index contributed by atoms with van der Waals surface area (Å²) in [6.45, 7) is 2.31. The maximum atomic E-state index is 3.48. The van der Waals surface area contributed by atoms with E-state index in [2.05, 4.69) is 137 Å². The normalized spacial score (nSPS) is 15.7. The van der Waals surface area contributed by atoms with Crippen LogP contribution in [0.2, 0.25) is 0 Å². The van der Waals surface area contributed by atoms with Crippen LogP contribution < -0.4 is 0 Å². The van der Waals surface area contributed by atoms with Gasteiger partial charge < -0.3 is 9.13 Å². The van der Waals surface area contributed by atoms with E-state index in [9.17, 15) is 0 Å². The third kappa shape index (κ3) is 3.37. The fraction of sp³-hybridized carbons (Fsp3) is 0.135. The minimum atomic E-state index is 0.438. The van der Waals surface area contributed by atoms with Crippen LogP contribution >= 0.6 is 0 Å². The highest BCUT2D eigenvalue weighted by atomic mass is 15.0. The molecule has 0 fully saturated rings. The van der Waals surface area contributed by atoms with Crippen molar-refractivity contribution >= 4 is 27.9 Å². The van der Waals surface area contributed by atoms with Crippen molar-refractivity contribution in [2.24, 2.45) is 0 Å². The van der Waals surface area contributed by atoms with Crippen LogP contribution in [0.5, 0.6) is 0 Å². The lowest BCUT2D eigenvalue weighted by Gasteiger charge is -2.18. The summed E-state index contributed by atoms with van der Waals surface area (Å²) in [7, 11) is 0. The van der Waals surface area contributed by atoms with Gasteiger partial charge in [-0.05, 0) is 72.0 Å². The molecule has 0 saturated carbocycles. The summed E-state index contributed by atoms with van der Waals surface area (Å²) in [5, 5.41) is 2.58. The highest BCUT2D eigenvalue weighted by Gasteiger charge is 2.27. The second-order valence-corrected chi connectivity index (χ2v) is 10.8. The van der Waals surface area contributed by atoms with Gasteiger partial charge in [0.1, 0.15) is 0 Å². The Morgan fingerprint density at radius 2 is 1.28 bits per heavy atom. The molecule has 2 aliphatic rings. The van der Waals surface area contributed by atoms with Gasteiger partial charge in [0.25, 0.3) is 0 Å². The molecule has 0 aliphatic heterocycles. The lowest BCUT2D eigenvalue weighted by molar-refractivity contribution is 0.727. The zero-order chi connectivity index (χ0) is 25.9. The summed E-state index contributed by atoms with van der Waals surface area (Å²) in [4.78, 5) is 0. The van der Waals surface area contributed by atoms with Crippen LogP contribution in [0.3, 0.4) is 0 Å². The van der Waals surface area contributed by atoms with Crippen molar-refractivity contribution < 1.29 is 0 Å². The van der Waals surface area contributed by atoms with E-state index in [0.717, 1.165) is 19.3 Å². The van der Waals surface area contributed by atoms with E-state index in [1.165, 1.54) is 66.8 Å². The molecule has 2 nitrogen and oxygen atoms in total. The molecule has 4 aromatic carbocycles.